The molecule has 8 nitrogen and oxygen atoms in total. The van der Waals surface area contributed by atoms with Crippen LogP contribution in [0.2, 0.25) is 0 Å². The maximum atomic E-state index is 12.4. The molecule has 3 heterocycles. The van der Waals surface area contributed by atoms with Gasteiger partial charge in [0.15, 0.2) is 5.82 Å². The number of nitrogens with one attached hydrogen (secondary N) is 2. The van der Waals surface area contributed by atoms with Gasteiger partial charge in [0, 0.05) is 45.0 Å². The highest BCUT2D eigenvalue weighted by Gasteiger charge is 2.38. The normalized spacial score (nSPS) is 25.9. The van der Waals surface area contributed by atoms with Crippen LogP contribution >= 0.6 is 0 Å². The fourth-order valence-electron chi connectivity index (χ4n) is 4.09. The Hall–Kier alpha value is -2.25. The fourth-order valence-corrected chi connectivity index (χ4v) is 4.09. The molecule has 0 spiro atoms. The van der Waals surface area contributed by atoms with Crippen LogP contribution in [0.3, 0.4) is 0 Å². The number of urea groups is 2. The number of anilines is 1. The number of carbonyl (C=O) groups is 2. The Balaban J connectivity index is 1.27. The largest absolute Gasteiger partial charge is 0.336 e. The molecule has 0 aromatic carbocycles. The van der Waals surface area contributed by atoms with Gasteiger partial charge in [-0.25, -0.2) is 9.59 Å². The van der Waals surface area contributed by atoms with Gasteiger partial charge in [-0.3, -0.25) is 10.00 Å². The highest BCUT2D eigenvalue weighted by atomic mass is 16.2. The van der Waals surface area contributed by atoms with Gasteiger partial charge in [0.1, 0.15) is 0 Å². The van der Waals surface area contributed by atoms with Crippen LogP contribution in [-0.2, 0) is 6.54 Å². The average molecular weight is 332 g/mol. The molecular formula is C16H24N6O2. The van der Waals surface area contributed by atoms with Crippen molar-refractivity contribution >= 4 is 17.9 Å². The molecule has 0 bridgehead atoms. The number of amides is 4. The number of rotatable bonds is 4. The highest BCUT2D eigenvalue weighted by Crippen LogP contribution is 2.37. The third-order valence-electron chi connectivity index (χ3n) is 5.43. The number of hydrogen-bond acceptors (Lipinski definition) is 3. The van der Waals surface area contributed by atoms with E-state index in [1.54, 1.807) is 15.6 Å². The molecule has 8 heteroatoms. The van der Waals surface area contributed by atoms with Crippen LogP contribution in [0, 0.1) is 11.8 Å². The minimum atomic E-state index is -0.0476. The third kappa shape index (κ3) is 3.05. The summed E-state index contributed by atoms with van der Waals surface area (Å²) in [5.41, 5.74) is 0. The summed E-state index contributed by atoms with van der Waals surface area (Å²) >= 11 is 0. The Morgan fingerprint density at radius 3 is 2.79 bits per heavy atom. The van der Waals surface area contributed by atoms with Gasteiger partial charge in [-0.05, 0) is 24.7 Å². The molecule has 0 unspecified atom stereocenters. The van der Waals surface area contributed by atoms with E-state index in [0.717, 1.165) is 19.6 Å². The lowest BCUT2D eigenvalue weighted by Crippen LogP contribution is -2.34. The number of carbonyl (C=O) groups excluding carboxylic acids is 2. The molecule has 4 amide bonds. The summed E-state index contributed by atoms with van der Waals surface area (Å²) < 4.78 is 1.76. The van der Waals surface area contributed by atoms with Crippen molar-refractivity contribution in [1.29, 1.82) is 0 Å². The second-order valence-corrected chi connectivity index (χ2v) is 6.97. The average Bonchev–Trinajstić information content (AvgIpc) is 3.28. The summed E-state index contributed by atoms with van der Waals surface area (Å²) in [4.78, 5) is 27.6. The molecule has 4 rings (SSSR count). The van der Waals surface area contributed by atoms with E-state index in [1.165, 1.54) is 19.3 Å². The molecule has 3 fully saturated rings. The Labute approximate surface area is 141 Å². The van der Waals surface area contributed by atoms with E-state index < -0.39 is 0 Å². The van der Waals surface area contributed by atoms with Gasteiger partial charge in [-0.1, -0.05) is 6.42 Å². The van der Waals surface area contributed by atoms with Crippen molar-refractivity contribution in [2.75, 3.05) is 38.0 Å². The van der Waals surface area contributed by atoms with E-state index in [1.807, 2.05) is 11.1 Å². The first-order valence-electron chi connectivity index (χ1n) is 8.81. The van der Waals surface area contributed by atoms with Crippen LogP contribution in [0.15, 0.2) is 12.3 Å². The Morgan fingerprint density at radius 2 is 2.08 bits per heavy atom. The lowest BCUT2D eigenvalue weighted by atomic mass is 10.0. The molecule has 2 atom stereocenters. The van der Waals surface area contributed by atoms with Gasteiger partial charge in [0.2, 0.25) is 0 Å². The lowest BCUT2D eigenvalue weighted by molar-refractivity contribution is 0.215. The summed E-state index contributed by atoms with van der Waals surface area (Å²) in [6.45, 7) is 4.44. The van der Waals surface area contributed by atoms with Gasteiger partial charge >= 0.3 is 12.1 Å². The molecule has 3 aliphatic rings. The molecule has 24 heavy (non-hydrogen) atoms. The molecule has 1 aromatic heterocycles. The van der Waals surface area contributed by atoms with E-state index >= 15 is 0 Å². The zero-order valence-corrected chi connectivity index (χ0v) is 13.8. The van der Waals surface area contributed by atoms with Gasteiger partial charge in [0.25, 0.3) is 0 Å². The first-order chi connectivity index (χ1) is 11.7. The van der Waals surface area contributed by atoms with Crippen molar-refractivity contribution in [3.8, 4) is 0 Å². The molecule has 130 valence electrons. The Kier molecular flexibility index (Phi) is 4.03. The highest BCUT2D eigenvalue weighted by molar-refractivity contribution is 5.88. The molecule has 1 saturated carbocycles. The molecule has 2 saturated heterocycles. The Bertz CT molecular complexity index is 618. The minimum Gasteiger partial charge on any atom is -0.336 e. The van der Waals surface area contributed by atoms with E-state index in [-0.39, 0.29) is 12.1 Å². The van der Waals surface area contributed by atoms with Crippen molar-refractivity contribution in [2.24, 2.45) is 11.8 Å². The third-order valence-corrected chi connectivity index (χ3v) is 5.43. The van der Waals surface area contributed by atoms with E-state index in [4.69, 9.17) is 0 Å². The number of aromatic nitrogens is 2. The SMILES string of the molecule is O=C1NCCN1CCn1ccc(NC(=O)N2C[C@H]3CCC[C@H]3C2)n1. The van der Waals surface area contributed by atoms with Crippen LogP contribution in [0.4, 0.5) is 15.4 Å². The summed E-state index contributed by atoms with van der Waals surface area (Å²) in [5, 5.41) is 10.1. The maximum absolute atomic E-state index is 12.4. The van der Waals surface area contributed by atoms with Crippen LogP contribution in [0.1, 0.15) is 19.3 Å². The Morgan fingerprint density at radius 1 is 1.29 bits per heavy atom. The second kappa shape index (κ2) is 6.33. The summed E-state index contributed by atoms with van der Waals surface area (Å²) in [6, 6.07) is 1.74. The maximum Gasteiger partial charge on any atom is 0.323 e. The van der Waals surface area contributed by atoms with Crippen LogP contribution in [0.5, 0.6) is 0 Å². The monoisotopic (exact) mass is 332 g/mol. The number of hydrogen-bond donors (Lipinski definition) is 2. The first kappa shape index (κ1) is 15.3. The molecule has 0 radical (unpaired) electrons. The van der Waals surface area contributed by atoms with Crippen molar-refractivity contribution in [3.63, 3.8) is 0 Å². The molecule has 2 N–H and O–H groups in total. The smallest absolute Gasteiger partial charge is 0.323 e. The number of likely N-dealkylation sites (tertiary alicyclic amines) is 1. The summed E-state index contributed by atoms with van der Waals surface area (Å²) in [5.74, 6) is 1.96. The van der Waals surface area contributed by atoms with Crippen molar-refractivity contribution in [2.45, 2.75) is 25.8 Å². The van der Waals surface area contributed by atoms with Crippen molar-refractivity contribution in [3.05, 3.63) is 12.3 Å². The zero-order valence-electron chi connectivity index (χ0n) is 13.8. The first-order valence-corrected chi connectivity index (χ1v) is 8.81. The second-order valence-electron chi connectivity index (χ2n) is 6.97. The van der Waals surface area contributed by atoms with E-state index in [9.17, 15) is 9.59 Å². The predicted octanol–water partition coefficient (Wildman–Crippen LogP) is 1.17. The molecule has 1 aliphatic carbocycles. The van der Waals surface area contributed by atoms with Crippen molar-refractivity contribution < 1.29 is 9.59 Å². The van der Waals surface area contributed by atoms with Crippen LogP contribution in [0.25, 0.3) is 0 Å². The number of nitrogens with zero attached hydrogens (tertiary/aromatic N) is 4. The zero-order chi connectivity index (χ0) is 16.5. The molecule has 1 aromatic rings. The van der Waals surface area contributed by atoms with E-state index in [2.05, 4.69) is 15.7 Å². The van der Waals surface area contributed by atoms with Gasteiger partial charge in [0.05, 0.1) is 6.54 Å². The fraction of sp³-hybridized carbons (Fsp3) is 0.688. The molecular weight excluding hydrogens is 308 g/mol. The van der Waals surface area contributed by atoms with Crippen LogP contribution in [-0.4, -0.2) is 64.4 Å². The van der Waals surface area contributed by atoms with Gasteiger partial charge in [-0.15, -0.1) is 0 Å². The van der Waals surface area contributed by atoms with Gasteiger partial charge in [-0.2, -0.15) is 5.10 Å². The molecule has 2 aliphatic heterocycles. The van der Waals surface area contributed by atoms with Crippen molar-refractivity contribution in [1.82, 2.24) is 24.9 Å². The quantitative estimate of drug-likeness (QED) is 0.868. The topological polar surface area (TPSA) is 82.5 Å². The van der Waals surface area contributed by atoms with Crippen LogP contribution < -0.4 is 10.6 Å². The number of fused-ring (bicyclic) bond motifs is 1. The summed E-state index contributed by atoms with van der Waals surface area (Å²) in [6.07, 6.45) is 5.66. The lowest BCUT2D eigenvalue weighted by Gasteiger charge is -2.17. The predicted molar refractivity (Wildman–Crippen MR) is 88.6 cm³/mol. The minimum absolute atomic E-state index is 0.0183. The van der Waals surface area contributed by atoms with E-state index in [0.29, 0.717) is 37.3 Å². The summed E-state index contributed by atoms with van der Waals surface area (Å²) in [7, 11) is 0. The standard InChI is InChI=1S/C16H24N6O2/c23-15-17-5-7-20(15)8-9-22-6-4-14(19-22)18-16(24)21-10-12-2-1-3-13(12)11-21/h4,6,12-13H,1-3,5,7-11H2,(H,17,23)(H,18,19,24)/t12-,13+. The van der Waals surface area contributed by atoms with Gasteiger partial charge < -0.3 is 15.1 Å².